The lowest BCUT2D eigenvalue weighted by Crippen LogP contribution is -2.35. The molecule has 2 aromatic carbocycles. The molecule has 0 spiro atoms. The zero-order valence-electron chi connectivity index (χ0n) is 17.8. The van der Waals surface area contributed by atoms with E-state index in [1.165, 1.54) is 35.3 Å². The Morgan fingerprint density at radius 2 is 1.59 bits per heavy atom. The van der Waals surface area contributed by atoms with Crippen molar-refractivity contribution in [1.82, 2.24) is 14.5 Å². The zero-order chi connectivity index (χ0) is 24.7. The fourth-order valence-corrected chi connectivity index (χ4v) is 3.64. The van der Waals surface area contributed by atoms with E-state index in [0.717, 1.165) is 41.8 Å². The number of hydrogen-bond donors (Lipinski definition) is 1. The number of rotatable bonds is 10. The van der Waals surface area contributed by atoms with E-state index in [1.54, 1.807) is 0 Å². The summed E-state index contributed by atoms with van der Waals surface area (Å²) in [5, 5.41) is 37.2. The van der Waals surface area contributed by atoms with Gasteiger partial charge in [-0.25, -0.2) is 9.51 Å². The average molecular weight is 489 g/mol. The molecule has 0 aliphatic carbocycles. The Labute approximate surface area is 192 Å². The number of nitro groups is 2. The van der Waals surface area contributed by atoms with E-state index in [2.05, 4.69) is 25.4 Å². The van der Waals surface area contributed by atoms with Gasteiger partial charge < -0.3 is 0 Å². The van der Waals surface area contributed by atoms with Crippen LogP contribution in [-0.2, 0) is 16.6 Å². The van der Waals surface area contributed by atoms with Crippen molar-refractivity contribution in [3.05, 3.63) is 80.7 Å². The van der Waals surface area contributed by atoms with Gasteiger partial charge in [-0.15, -0.1) is 5.11 Å². The lowest BCUT2D eigenvalue weighted by molar-refractivity contribution is -0.385. The minimum Gasteiger partial charge on any atom is -0.258 e. The van der Waals surface area contributed by atoms with Crippen LogP contribution in [0, 0.1) is 20.2 Å². The van der Waals surface area contributed by atoms with Crippen molar-refractivity contribution in [2.75, 3.05) is 4.83 Å². The Hall–Kier alpha value is -4.47. The van der Waals surface area contributed by atoms with E-state index in [9.17, 15) is 28.6 Å². The first-order valence-electron chi connectivity index (χ1n) is 9.82. The second kappa shape index (κ2) is 10.4. The monoisotopic (exact) mass is 489 g/mol. The second-order valence-electron chi connectivity index (χ2n) is 6.79. The molecule has 0 atom stereocenters. The first-order valence-corrected chi connectivity index (χ1v) is 11.3. The van der Waals surface area contributed by atoms with Crippen LogP contribution in [0.4, 0.5) is 17.1 Å². The number of nitrogens with one attached hydrogen (secondary N) is 1. The molecule has 178 valence electrons. The van der Waals surface area contributed by atoms with Gasteiger partial charge in [0.1, 0.15) is 6.33 Å². The Kier molecular flexibility index (Phi) is 7.42. The summed E-state index contributed by atoms with van der Waals surface area (Å²) in [7, 11) is -4.13. The van der Waals surface area contributed by atoms with Gasteiger partial charge in [0.05, 0.1) is 20.4 Å². The largest absolute Gasteiger partial charge is 0.275 e. The van der Waals surface area contributed by atoms with E-state index in [1.807, 2.05) is 6.92 Å². The van der Waals surface area contributed by atoms with Crippen LogP contribution in [0.3, 0.4) is 0 Å². The summed E-state index contributed by atoms with van der Waals surface area (Å²) in [6, 6.07) is 9.66. The van der Waals surface area contributed by atoms with E-state index < -0.39 is 19.9 Å². The second-order valence-corrected chi connectivity index (χ2v) is 8.45. The summed E-state index contributed by atoms with van der Waals surface area (Å²) in [5.74, 6) is 0. The molecule has 0 unspecified atom stereocenters. The highest BCUT2D eigenvalue weighted by atomic mass is 32.2. The maximum atomic E-state index is 12.8. The quantitative estimate of drug-likeness (QED) is 0.257. The van der Waals surface area contributed by atoms with Crippen LogP contribution in [0.15, 0.2) is 75.2 Å². The maximum absolute atomic E-state index is 12.8. The third-order valence-corrected chi connectivity index (χ3v) is 5.74. The highest BCUT2D eigenvalue weighted by Gasteiger charge is 2.17. The van der Waals surface area contributed by atoms with E-state index in [-0.39, 0.29) is 21.9 Å². The predicted octanol–water partition coefficient (Wildman–Crippen LogP) is 2.83. The van der Waals surface area contributed by atoms with Crippen LogP contribution in [-0.4, -0.2) is 32.7 Å². The minimum absolute atomic E-state index is 0.0181. The van der Waals surface area contributed by atoms with Crippen molar-refractivity contribution < 1.29 is 18.3 Å². The third-order valence-electron chi connectivity index (χ3n) is 4.41. The fraction of sp³-hybridized carbons (Fsp3) is 0.222. The Balaban J connectivity index is 1.91. The molecule has 16 heteroatoms. The fourth-order valence-electron chi connectivity index (χ4n) is 2.66. The molecule has 0 aliphatic heterocycles. The van der Waals surface area contributed by atoms with Gasteiger partial charge in [-0.3, -0.25) is 20.2 Å². The number of nitro benzene ring substituents is 2. The molecule has 15 nitrogen and oxygen atoms in total. The summed E-state index contributed by atoms with van der Waals surface area (Å²) >= 11 is 0. The zero-order valence-corrected chi connectivity index (χ0v) is 18.6. The summed E-state index contributed by atoms with van der Waals surface area (Å²) in [4.78, 5) is 22.4. The lowest BCUT2D eigenvalue weighted by Gasteiger charge is -2.08. The molecule has 0 saturated heterocycles. The average Bonchev–Trinajstić information content (AvgIpc) is 3.18. The van der Waals surface area contributed by atoms with Gasteiger partial charge in [-0.1, -0.05) is 18.4 Å². The standard InChI is InChI=1S/C18H19N9O6S/c1-2-3-12-24-18(21-22-20-14-4-6-15(7-5-14)26(28)29)25(13-19-24)23-34(32,33)17-10-8-16(9-11-17)27(30)31/h4-11,13,23H,2-3,12H2,1H3. The molecule has 3 rings (SSSR count). The molecule has 1 aromatic heterocycles. The van der Waals surface area contributed by atoms with Gasteiger partial charge in [-0.2, -0.15) is 18.2 Å². The highest BCUT2D eigenvalue weighted by molar-refractivity contribution is 7.92. The van der Waals surface area contributed by atoms with Crippen LogP contribution in [0.5, 0.6) is 0 Å². The SMILES string of the molecule is CCCCn1ncn(NS(=O)(=O)c2ccc([N+](=O)[O-])cc2)c1=NN=Nc1ccc([N+](=O)[O-])cc1. The van der Waals surface area contributed by atoms with Gasteiger partial charge in [0.15, 0.2) is 0 Å². The molecule has 0 fully saturated rings. The van der Waals surface area contributed by atoms with Gasteiger partial charge in [-0.05, 0) is 35.9 Å². The molecule has 0 radical (unpaired) electrons. The number of aryl methyl sites for hydroxylation is 1. The maximum Gasteiger partial charge on any atom is 0.275 e. The first kappa shape index (κ1) is 24.2. The number of non-ortho nitro benzene ring substituents is 2. The van der Waals surface area contributed by atoms with Gasteiger partial charge in [0.2, 0.25) is 0 Å². The highest BCUT2D eigenvalue weighted by Crippen LogP contribution is 2.18. The van der Waals surface area contributed by atoms with Crippen LogP contribution in [0.25, 0.3) is 0 Å². The van der Waals surface area contributed by atoms with Crippen molar-refractivity contribution >= 4 is 27.1 Å². The number of benzene rings is 2. The van der Waals surface area contributed by atoms with E-state index in [4.69, 9.17) is 0 Å². The van der Waals surface area contributed by atoms with E-state index >= 15 is 0 Å². The van der Waals surface area contributed by atoms with Crippen molar-refractivity contribution in [1.29, 1.82) is 0 Å². The summed E-state index contributed by atoms with van der Waals surface area (Å²) in [6.07, 6.45) is 2.77. The molecule has 0 aliphatic rings. The van der Waals surface area contributed by atoms with Crippen molar-refractivity contribution in [2.45, 2.75) is 31.2 Å². The molecule has 1 heterocycles. The normalized spacial score (nSPS) is 12.2. The van der Waals surface area contributed by atoms with Crippen LogP contribution in [0.2, 0.25) is 0 Å². The lowest BCUT2D eigenvalue weighted by atomic mass is 10.3. The van der Waals surface area contributed by atoms with Gasteiger partial charge >= 0.3 is 0 Å². The van der Waals surface area contributed by atoms with E-state index in [0.29, 0.717) is 12.2 Å². The number of unbranched alkanes of at least 4 members (excludes halogenated alkanes) is 1. The molecule has 34 heavy (non-hydrogen) atoms. The minimum atomic E-state index is -4.13. The van der Waals surface area contributed by atoms with Crippen molar-refractivity contribution in [3.63, 3.8) is 0 Å². The smallest absolute Gasteiger partial charge is 0.258 e. The molecular weight excluding hydrogens is 470 g/mol. The molecule has 0 saturated carbocycles. The molecule has 0 bridgehead atoms. The topological polar surface area (TPSA) is 192 Å². The first-order chi connectivity index (χ1) is 16.2. The van der Waals surface area contributed by atoms with Crippen LogP contribution in [0.1, 0.15) is 19.8 Å². The number of hydrogen-bond acceptors (Lipinski definition) is 9. The van der Waals surface area contributed by atoms with Gasteiger partial charge in [0.25, 0.3) is 27.0 Å². The van der Waals surface area contributed by atoms with Crippen LogP contribution < -0.4 is 10.4 Å². The Bertz CT molecular complexity index is 1380. The Morgan fingerprint density at radius 3 is 2.15 bits per heavy atom. The molecule has 3 aromatic rings. The Morgan fingerprint density at radius 1 is 1.00 bits per heavy atom. The molecule has 0 amide bonds. The van der Waals surface area contributed by atoms with Crippen molar-refractivity contribution in [3.8, 4) is 0 Å². The predicted molar refractivity (Wildman–Crippen MR) is 118 cm³/mol. The summed E-state index contributed by atoms with van der Waals surface area (Å²) in [6.45, 7) is 2.40. The number of sulfonamides is 1. The summed E-state index contributed by atoms with van der Waals surface area (Å²) in [5.41, 5.74) is -0.0371. The summed E-state index contributed by atoms with van der Waals surface area (Å²) < 4.78 is 28.0. The number of nitrogens with zero attached hydrogens (tertiary/aromatic N) is 8. The van der Waals surface area contributed by atoms with Gasteiger partial charge in [0, 0.05) is 30.8 Å². The molecule has 1 N–H and O–H groups in total. The van der Waals surface area contributed by atoms with Crippen LogP contribution >= 0.6 is 0 Å². The number of aromatic nitrogens is 3. The third kappa shape index (κ3) is 5.85. The van der Waals surface area contributed by atoms with Crippen molar-refractivity contribution in [2.24, 2.45) is 15.4 Å². The molecular formula is C18H19N9O6S.